The Labute approximate surface area is 158 Å². The Balaban J connectivity index is 1.76. The zero-order chi connectivity index (χ0) is 19.6. The fraction of sp³-hybridized carbons (Fsp3) is 0.273. The lowest BCUT2D eigenvalue weighted by atomic mass is 9.86. The van der Waals surface area contributed by atoms with Crippen LogP contribution in [0.4, 0.5) is 0 Å². The van der Waals surface area contributed by atoms with Crippen LogP contribution in [0.5, 0.6) is 0 Å². The van der Waals surface area contributed by atoms with Gasteiger partial charge in [0.1, 0.15) is 6.04 Å². The van der Waals surface area contributed by atoms with Crippen molar-refractivity contribution in [2.75, 3.05) is 0 Å². The molecule has 3 aromatic rings. The second-order valence-electron chi connectivity index (χ2n) is 7.76. The first-order chi connectivity index (χ1) is 12.8. The number of carbonyl (C=O) groups excluding carboxylic acids is 1. The number of aromatic amines is 1. The maximum absolute atomic E-state index is 12.5. The van der Waals surface area contributed by atoms with Crippen LogP contribution in [-0.4, -0.2) is 28.0 Å². The van der Waals surface area contributed by atoms with Gasteiger partial charge in [0.15, 0.2) is 0 Å². The van der Waals surface area contributed by atoms with E-state index in [2.05, 4.69) is 31.1 Å². The normalized spacial score (nSPS) is 12.7. The third-order valence-electron chi connectivity index (χ3n) is 4.72. The van der Waals surface area contributed by atoms with Crippen molar-refractivity contribution >= 4 is 22.8 Å². The number of para-hydroxylation sites is 1. The lowest BCUT2D eigenvalue weighted by molar-refractivity contribution is -0.139. The molecule has 27 heavy (non-hydrogen) atoms. The molecule has 1 aromatic heterocycles. The molecule has 0 aliphatic heterocycles. The largest absolute Gasteiger partial charge is 0.480 e. The van der Waals surface area contributed by atoms with Gasteiger partial charge in [-0.2, -0.15) is 0 Å². The van der Waals surface area contributed by atoms with Crippen molar-refractivity contribution in [3.05, 3.63) is 71.4 Å². The molecule has 1 amide bonds. The predicted octanol–water partition coefficient (Wildman–Crippen LogP) is 3.89. The Morgan fingerprint density at radius 2 is 1.74 bits per heavy atom. The van der Waals surface area contributed by atoms with Crippen molar-refractivity contribution < 1.29 is 14.7 Å². The van der Waals surface area contributed by atoms with E-state index >= 15 is 0 Å². The third-order valence-corrected chi connectivity index (χ3v) is 4.72. The summed E-state index contributed by atoms with van der Waals surface area (Å²) < 4.78 is 0. The number of carbonyl (C=O) groups is 2. The molecule has 5 nitrogen and oxygen atoms in total. The fourth-order valence-electron chi connectivity index (χ4n) is 3.08. The van der Waals surface area contributed by atoms with E-state index in [4.69, 9.17) is 0 Å². The first kappa shape index (κ1) is 18.7. The highest BCUT2D eigenvalue weighted by Gasteiger charge is 2.23. The summed E-state index contributed by atoms with van der Waals surface area (Å²) in [4.78, 5) is 27.4. The Bertz CT molecular complexity index is 965. The van der Waals surface area contributed by atoms with Gasteiger partial charge in [0.05, 0.1) is 0 Å². The molecule has 0 aliphatic carbocycles. The van der Waals surface area contributed by atoms with Crippen molar-refractivity contribution in [2.24, 2.45) is 0 Å². The number of hydrogen-bond donors (Lipinski definition) is 3. The van der Waals surface area contributed by atoms with Gasteiger partial charge in [-0.3, -0.25) is 4.79 Å². The molecule has 5 heteroatoms. The Morgan fingerprint density at radius 1 is 1.07 bits per heavy atom. The van der Waals surface area contributed by atoms with Crippen LogP contribution in [0.25, 0.3) is 10.9 Å². The number of nitrogens with one attached hydrogen (secondary N) is 2. The van der Waals surface area contributed by atoms with E-state index in [1.165, 1.54) is 0 Å². The smallest absolute Gasteiger partial charge is 0.326 e. The minimum Gasteiger partial charge on any atom is -0.480 e. The Morgan fingerprint density at radius 3 is 2.37 bits per heavy atom. The number of aliphatic carboxylic acids is 1. The molecule has 0 spiro atoms. The molecule has 0 saturated heterocycles. The Kier molecular flexibility index (Phi) is 5.04. The van der Waals surface area contributed by atoms with Crippen LogP contribution in [0.3, 0.4) is 0 Å². The number of carboxylic acid groups (broad SMARTS) is 1. The molecular formula is C22H24N2O3. The standard InChI is InChI=1S/C22H24N2O3/c1-22(2,3)16-10-8-14(9-11-16)20(25)24-19(21(26)27)12-15-13-23-18-7-5-4-6-17(15)18/h4-11,13,19,23H,12H2,1-3H3,(H,24,25)(H,26,27)/t19-/m0/s1. The third kappa shape index (κ3) is 4.19. The number of benzene rings is 2. The van der Waals surface area contributed by atoms with Crippen LogP contribution in [0.1, 0.15) is 42.3 Å². The minimum absolute atomic E-state index is 0.00601. The number of amides is 1. The van der Waals surface area contributed by atoms with Crippen molar-refractivity contribution in [3.63, 3.8) is 0 Å². The molecule has 3 N–H and O–H groups in total. The van der Waals surface area contributed by atoms with Crippen molar-refractivity contribution in [2.45, 2.75) is 38.6 Å². The average molecular weight is 364 g/mol. The summed E-state index contributed by atoms with van der Waals surface area (Å²) in [7, 11) is 0. The molecule has 0 aliphatic rings. The average Bonchev–Trinajstić information content (AvgIpc) is 3.03. The zero-order valence-corrected chi connectivity index (χ0v) is 15.7. The van der Waals surface area contributed by atoms with E-state index in [9.17, 15) is 14.7 Å². The van der Waals surface area contributed by atoms with E-state index < -0.39 is 12.0 Å². The van der Waals surface area contributed by atoms with Gasteiger partial charge in [-0.15, -0.1) is 0 Å². The second-order valence-corrected chi connectivity index (χ2v) is 7.76. The first-order valence-electron chi connectivity index (χ1n) is 8.95. The van der Waals surface area contributed by atoms with E-state index in [0.717, 1.165) is 22.0 Å². The number of H-pyrrole nitrogens is 1. The van der Waals surface area contributed by atoms with Gasteiger partial charge in [-0.25, -0.2) is 4.79 Å². The molecule has 3 rings (SSSR count). The molecule has 0 unspecified atom stereocenters. The van der Waals surface area contributed by atoms with Gasteiger partial charge >= 0.3 is 5.97 Å². The number of aromatic nitrogens is 1. The van der Waals surface area contributed by atoms with Gasteiger partial charge in [-0.1, -0.05) is 51.1 Å². The lowest BCUT2D eigenvalue weighted by Crippen LogP contribution is -2.42. The van der Waals surface area contributed by atoms with Crippen molar-refractivity contribution in [3.8, 4) is 0 Å². The highest BCUT2D eigenvalue weighted by atomic mass is 16.4. The van der Waals surface area contributed by atoms with E-state index in [0.29, 0.717) is 5.56 Å². The van der Waals surface area contributed by atoms with Crippen molar-refractivity contribution in [1.82, 2.24) is 10.3 Å². The summed E-state index contributed by atoms with van der Waals surface area (Å²) in [5, 5.41) is 13.2. The fourth-order valence-corrected chi connectivity index (χ4v) is 3.08. The van der Waals surface area contributed by atoms with Gasteiger partial charge < -0.3 is 15.4 Å². The molecule has 1 heterocycles. The number of rotatable bonds is 5. The maximum atomic E-state index is 12.5. The topological polar surface area (TPSA) is 82.2 Å². The maximum Gasteiger partial charge on any atom is 0.326 e. The summed E-state index contributed by atoms with van der Waals surface area (Å²) in [5.74, 6) is -1.44. The van der Waals surface area contributed by atoms with Crippen LogP contribution < -0.4 is 5.32 Å². The quantitative estimate of drug-likeness (QED) is 0.642. The van der Waals surface area contributed by atoms with Gasteiger partial charge in [0.25, 0.3) is 5.91 Å². The Hall–Kier alpha value is -3.08. The van der Waals surface area contributed by atoms with Crippen LogP contribution >= 0.6 is 0 Å². The first-order valence-corrected chi connectivity index (χ1v) is 8.95. The number of hydrogen-bond acceptors (Lipinski definition) is 2. The van der Waals surface area contributed by atoms with Gasteiger partial charge in [-0.05, 0) is 34.7 Å². The second kappa shape index (κ2) is 7.27. The lowest BCUT2D eigenvalue weighted by Gasteiger charge is -2.19. The number of carboxylic acids is 1. The summed E-state index contributed by atoms with van der Waals surface area (Å²) in [6.07, 6.45) is 2.01. The van der Waals surface area contributed by atoms with Crippen molar-refractivity contribution in [1.29, 1.82) is 0 Å². The highest BCUT2D eigenvalue weighted by molar-refractivity contribution is 5.97. The van der Waals surface area contributed by atoms with Crippen LogP contribution in [-0.2, 0) is 16.6 Å². The molecule has 0 bridgehead atoms. The summed E-state index contributed by atoms with van der Waals surface area (Å²) in [6, 6.07) is 14.0. The highest BCUT2D eigenvalue weighted by Crippen LogP contribution is 2.22. The molecule has 0 saturated carbocycles. The molecule has 1 atom stereocenters. The zero-order valence-electron chi connectivity index (χ0n) is 15.7. The summed E-state index contributed by atoms with van der Waals surface area (Å²) in [6.45, 7) is 6.30. The molecule has 0 radical (unpaired) electrons. The predicted molar refractivity (Wildman–Crippen MR) is 106 cm³/mol. The van der Waals surface area contributed by atoms with E-state index in [1.807, 2.05) is 36.4 Å². The monoisotopic (exact) mass is 364 g/mol. The van der Waals surface area contributed by atoms with Crippen LogP contribution in [0.15, 0.2) is 54.7 Å². The van der Waals surface area contributed by atoms with Gasteiger partial charge in [0.2, 0.25) is 0 Å². The summed E-state index contributed by atoms with van der Waals surface area (Å²) >= 11 is 0. The van der Waals surface area contributed by atoms with Gasteiger partial charge in [0, 0.05) is 29.1 Å². The SMILES string of the molecule is CC(C)(C)c1ccc(C(=O)N[C@@H](Cc2c[nH]c3ccccc23)C(=O)O)cc1. The van der Waals surface area contributed by atoms with E-state index in [1.54, 1.807) is 18.3 Å². The summed E-state index contributed by atoms with van der Waals surface area (Å²) in [5.41, 5.74) is 3.37. The molecule has 2 aromatic carbocycles. The van der Waals surface area contributed by atoms with E-state index in [-0.39, 0.29) is 17.7 Å². The number of fused-ring (bicyclic) bond motifs is 1. The van der Waals surface area contributed by atoms with Crippen LogP contribution in [0.2, 0.25) is 0 Å². The minimum atomic E-state index is -1.06. The molecular weight excluding hydrogens is 340 g/mol. The molecule has 140 valence electrons. The van der Waals surface area contributed by atoms with Crippen LogP contribution in [0, 0.1) is 0 Å². The molecule has 0 fully saturated rings.